The number of carbonyl (C=O) groups is 1. The number of aliphatic hydroxyl groups excluding tert-OH is 1. The van der Waals surface area contributed by atoms with Gasteiger partial charge in [-0.2, -0.15) is 0 Å². The van der Waals surface area contributed by atoms with Crippen LogP contribution in [0.1, 0.15) is 10.4 Å². The lowest BCUT2D eigenvalue weighted by atomic mass is 10.1. The smallest absolute Gasteiger partial charge is 0.255 e. The van der Waals surface area contributed by atoms with E-state index in [9.17, 15) is 14.3 Å². The van der Waals surface area contributed by atoms with Gasteiger partial charge in [0.15, 0.2) is 0 Å². The Hall–Kier alpha value is -2.40. The molecule has 0 saturated carbocycles. The number of carbonyl (C=O) groups excluding carboxylic acids is 1. The van der Waals surface area contributed by atoms with Crippen LogP contribution < -0.4 is 10.2 Å². The zero-order valence-electron chi connectivity index (χ0n) is 11.3. The minimum atomic E-state index is -0.392. The van der Waals surface area contributed by atoms with Gasteiger partial charge < -0.3 is 15.3 Å². The van der Waals surface area contributed by atoms with Crippen molar-refractivity contribution in [2.45, 2.75) is 6.10 Å². The highest BCUT2D eigenvalue weighted by molar-refractivity contribution is 6.04. The molecule has 0 aromatic heterocycles. The summed E-state index contributed by atoms with van der Waals surface area (Å²) in [7, 11) is 0. The number of aliphatic hydroxyl groups is 1. The van der Waals surface area contributed by atoms with E-state index in [1.165, 1.54) is 12.1 Å². The van der Waals surface area contributed by atoms with Crippen LogP contribution in [0.25, 0.3) is 0 Å². The van der Waals surface area contributed by atoms with Crippen LogP contribution in [0, 0.1) is 5.82 Å². The van der Waals surface area contributed by atoms with Crippen LogP contribution in [0.5, 0.6) is 0 Å². The Labute approximate surface area is 121 Å². The minimum Gasteiger partial charge on any atom is -0.389 e. The highest BCUT2D eigenvalue weighted by Crippen LogP contribution is 2.22. The van der Waals surface area contributed by atoms with E-state index in [0.29, 0.717) is 24.3 Å². The fourth-order valence-corrected chi connectivity index (χ4v) is 2.28. The Bertz CT molecular complexity index is 669. The molecule has 1 aliphatic rings. The van der Waals surface area contributed by atoms with Gasteiger partial charge in [0.2, 0.25) is 0 Å². The largest absolute Gasteiger partial charge is 0.389 e. The van der Waals surface area contributed by atoms with Gasteiger partial charge in [-0.05, 0) is 36.4 Å². The maximum atomic E-state index is 13.1. The third-order valence-electron chi connectivity index (χ3n) is 3.42. The van der Waals surface area contributed by atoms with Crippen molar-refractivity contribution in [1.29, 1.82) is 0 Å². The first-order valence-electron chi connectivity index (χ1n) is 6.72. The second-order valence-electron chi connectivity index (χ2n) is 5.07. The minimum absolute atomic E-state index is 0.288. The van der Waals surface area contributed by atoms with Gasteiger partial charge in [-0.3, -0.25) is 4.79 Å². The first kappa shape index (κ1) is 13.6. The average Bonchev–Trinajstić information content (AvgIpc) is 2.44. The molecule has 2 N–H and O–H groups in total. The quantitative estimate of drug-likeness (QED) is 0.910. The summed E-state index contributed by atoms with van der Waals surface area (Å²) in [5.74, 6) is -0.681. The van der Waals surface area contributed by atoms with Crippen molar-refractivity contribution in [3.05, 3.63) is 59.9 Å². The second-order valence-corrected chi connectivity index (χ2v) is 5.07. The van der Waals surface area contributed by atoms with Crippen LogP contribution in [-0.4, -0.2) is 30.2 Å². The van der Waals surface area contributed by atoms with Crippen molar-refractivity contribution in [3.63, 3.8) is 0 Å². The number of rotatable bonds is 3. The molecule has 0 bridgehead atoms. The predicted molar refractivity (Wildman–Crippen MR) is 79.0 cm³/mol. The van der Waals surface area contributed by atoms with Gasteiger partial charge in [0, 0.05) is 30.0 Å². The molecule has 0 aliphatic carbocycles. The first-order valence-corrected chi connectivity index (χ1v) is 6.72. The van der Waals surface area contributed by atoms with E-state index < -0.39 is 5.82 Å². The van der Waals surface area contributed by atoms with Gasteiger partial charge in [0.05, 0.1) is 6.10 Å². The molecule has 3 rings (SSSR count). The number of β-amino-alcohol motifs (C(OH)–C–C–N with tert-alkyl or cyclic N) is 1. The third-order valence-corrected chi connectivity index (χ3v) is 3.42. The van der Waals surface area contributed by atoms with E-state index in [4.69, 9.17) is 0 Å². The van der Waals surface area contributed by atoms with Crippen molar-refractivity contribution < 1.29 is 14.3 Å². The normalized spacial score (nSPS) is 14.7. The van der Waals surface area contributed by atoms with Crippen LogP contribution in [0.2, 0.25) is 0 Å². The fraction of sp³-hybridized carbons (Fsp3) is 0.188. The Morgan fingerprint density at radius 3 is 2.67 bits per heavy atom. The van der Waals surface area contributed by atoms with E-state index >= 15 is 0 Å². The lowest BCUT2D eigenvalue weighted by Crippen LogP contribution is -2.50. The third kappa shape index (κ3) is 3.03. The molecule has 108 valence electrons. The van der Waals surface area contributed by atoms with E-state index in [1.54, 1.807) is 30.3 Å². The van der Waals surface area contributed by atoms with E-state index in [0.717, 1.165) is 5.69 Å². The Kier molecular flexibility index (Phi) is 3.58. The molecule has 0 unspecified atom stereocenters. The van der Waals surface area contributed by atoms with Crippen LogP contribution in [0.4, 0.5) is 15.8 Å². The molecular weight excluding hydrogens is 271 g/mol. The highest BCUT2D eigenvalue weighted by atomic mass is 19.1. The molecule has 1 amide bonds. The molecule has 4 nitrogen and oxygen atoms in total. The standard InChI is InChI=1S/C16H15FN2O2/c17-12-4-2-5-13(8-12)18-16(21)11-3-1-6-14(7-11)19-9-15(20)10-19/h1-8,15,20H,9-10H2,(H,18,21). The maximum absolute atomic E-state index is 13.1. The molecule has 2 aromatic carbocycles. The van der Waals surface area contributed by atoms with E-state index in [2.05, 4.69) is 5.32 Å². The predicted octanol–water partition coefficient (Wildman–Crippen LogP) is 2.26. The Balaban J connectivity index is 1.74. The lowest BCUT2D eigenvalue weighted by Gasteiger charge is -2.38. The van der Waals surface area contributed by atoms with Crippen molar-refractivity contribution in [1.82, 2.24) is 0 Å². The number of hydrogen-bond acceptors (Lipinski definition) is 3. The number of nitrogens with zero attached hydrogens (tertiary/aromatic N) is 1. The number of benzene rings is 2. The summed E-state index contributed by atoms with van der Waals surface area (Å²) in [6.45, 7) is 1.16. The van der Waals surface area contributed by atoms with Crippen LogP contribution in [0.15, 0.2) is 48.5 Å². The lowest BCUT2D eigenvalue weighted by molar-refractivity contribution is 0.102. The number of hydrogen-bond donors (Lipinski definition) is 2. The second kappa shape index (κ2) is 5.54. The van der Waals surface area contributed by atoms with Gasteiger partial charge in [0.1, 0.15) is 5.82 Å². The van der Waals surface area contributed by atoms with Gasteiger partial charge in [-0.1, -0.05) is 12.1 Å². The summed E-state index contributed by atoms with van der Waals surface area (Å²) in [5.41, 5.74) is 1.81. The summed E-state index contributed by atoms with van der Waals surface area (Å²) in [5, 5.41) is 12.0. The molecule has 1 fully saturated rings. The monoisotopic (exact) mass is 286 g/mol. The molecule has 5 heteroatoms. The van der Waals surface area contributed by atoms with Gasteiger partial charge in [0.25, 0.3) is 5.91 Å². The Morgan fingerprint density at radius 2 is 1.95 bits per heavy atom. The van der Waals surface area contributed by atoms with Crippen molar-refractivity contribution in [2.24, 2.45) is 0 Å². The molecule has 0 radical (unpaired) electrons. The van der Waals surface area contributed by atoms with Crippen molar-refractivity contribution >= 4 is 17.3 Å². The molecule has 1 aliphatic heterocycles. The first-order chi connectivity index (χ1) is 10.1. The maximum Gasteiger partial charge on any atom is 0.255 e. The summed E-state index contributed by atoms with van der Waals surface area (Å²) in [6.07, 6.45) is -0.297. The zero-order chi connectivity index (χ0) is 14.8. The summed E-state index contributed by atoms with van der Waals surface area (Å²) < 4.78 is 13.1. The molecule has 2 aromatic rings. The molecule has 1 saturated heterocycles. The summed E-state index contributed by atoms with van der Waals surface area (Å²) >= 11 is 0. The van der Waals surface area contributed by atoms with Gasteiger partial charge >= 0.3 is 0 Å². The van der Waals surface area contributed by atoms with Crippen molar-refractivity contribution in [2.75, 3.05) is 23.3 Å². The number of nitrogens with one attached hydrogen (secondary N) is 1. The molecule has 1 heterocycles. The van der Waals surface area contributed by atoms with Crippen molar-refractivity contribution in [3.8, 4) is 0 Å². The number of amides is 1. The topological polar surface area (TPSA) is 52.6 Å². The number of halogens is 1. The van der Waals surface area contributed by atoms with E-state index in [-0.39, 0.29) is 12.0 Å². The number of anilines is 2. The molecule has 21 heavy (non-hydrogen) atoms. The highest BCUT2D eigenvalue weighted by Gasteiger charge is 2.24. The fourth-order valence-electron chi connectivity index (χ4n) is 2.28. The van der Waals surface area contributed by atoms with Crippen LogP contribution >= 0.6 is 0 Å². The van der Waals surface area contributed by atoms with E-state index in [1.807, 2.05) is 11.0 Å². The van der Waals surface area contributed by atoms with Gasteiger partial charge in [-0.15, -0.1) is 0 Å². The van der Waals surface area contributed by atoms with Crippen LogP contribution in [-0.2, 0) is 0 Å². The molecular formula is C16H15FN2O2. The summed E-state index contributed by atoms with van der Waals surface area (Å²) in [4.78, 5) is 14.2. The van der Waals surface area contributed by atoms with Crippen LogP contribution in [0.3, 0.4) is 0 Å². The average molecular weight is 286 g/mol. The van der Waals surface area contributed by atoms with Gasteiger partial charge in [-0.25, -0.2) is 4.39 Å². The SMILES string of the molecule is O=C(Nc1cccc(F)c1)c1cccc(N2CC(O)C2)c1. The molecule has 0 atom stereocenters. The Morgan fingerprint density at radius 1 is 1.19 bits per heavy atom. The molecule has 0 spiro atoms. The summed E-state index contributed by atoms with van der Waals surface area (Å²) in [6, 6.07) is 12.9. The zero-order valence-corrected chi connectivity index (χ0v) is 11.3.